The molecule has 0 N–H and O–H groups in total. The number of aliphatic imine (C=N–C) groups is 1. The van der Waals surface area contributed by atoms with Crippen LogP contribution in [0.4, 0.5) is 0 Å². The summed E-state index contributed by atoms with van der Waals surface area (Å²) < 4.78 is 5.76. The predicted octanol–water partition coefficient (Wildman–Crippen LogP) is 3.55. The van der Waals surface area contributed by atoms with Gasteiger partial charge >= 0.3 is 0 Å². The molecule has 1 unspecified atom stereocenters. The highest BCUT2D eigenvalue weighted by Gasteiger charge is 2.32. The van der Waals surface area contributed by atoms with Gasteiger partial charge in [-0.25, -0.2) is 0 Å². The van der Waals surface area contributed by atoms with E-state index in [9.17, 15) is 0 Å². The Kier molecular flexibility index (Phi) is 2.15. The van der Waals surface area contributed by atoms with E-state index in [1.165, 1.54) is 16.8 Å². The monoisotopic (exact) mass is 227 g/mol. The van der Waals surface area contributed by atoms with Gasteiger partial charge in [-0.3, -0.25) is 4.99 Å². The molecule has 1 atom stereocenters. The Morgan fingerprint density at radius 2 is 2.00 bits per heavy atom. The van der Waals surface area contributed by atoms with Crippen LogP contribution < -0.4 is 4.74 Å². The summed E-state index contributed by atoms with van der Waals surface area (Å²) in [4.78, 5) is 4.87. The first kappa shape index (κ1) is 10.6. The maximum absolute atomic E-state index is 5.76. The third kappa shape index (κ3) is 1.68. The largest absolute Gasteiger partial charge is 0.489 e. The zero-order chi connectivity index (χ0) is 12.0. The Morgan fingerprint density at radius 1 is 1.24 bits per heavy atom. The van der Waals surface area contributed by atoms with Crippen molar-refractivity contribution >= 4 is 5.71 Å². The van der Waals surface area contributed by atoms with Crippen LogP contribution in [-0.4, -0.2) is 12.3 Å². The maximum Gasteiger partial charge on any atom is 0.125 e. The van der Waals surface area contributed by atoms with Gasteiger partial charge in [0.05, 0.1) is 0 Å². The molecule has 2 nitrogen and oxygen atoms in total. The summed E-state index contributed by atoms with van der Waals surface area (Å²) in [6.45, 7) is 7.28. The predicted molar refractivity (Wildman–Crippen MR) is 69.7 cm³/mol. The number of nitrogens with zero attached hydrogens (tertiary/aromatic N) is 1. The lowest BCUT2D eigenvalue weighted by Gasteiger charge is -2.23. The van der Waals surface area contributed by atoms with Crippen LogP contribution in [0.15, 0.2) is 40.9 Å². The van der Waals surface area contributed by atoms with Gasteiger partial charge in [-0.2, -0.15) is 0 Å². The number of para-hydroxylation sites is 1. The Hall–Kier alpha value is -1.57. The van der Waals surface area contributed by atoms with Crippen molar-refractivity contribution in [3.8, 4) is 5.75 Å². The smallest absolute Gasteiger partial charge is 0.125 e. The molecule has 2 aliphatic rings. The third-order valence-corrected chi connectivity index (χ3v) is 3.32. The maximum atomic E-state index is 5.76. The van der Waals surface area contributed by atoms with Crippen molar-refractivity contribution in [2.24, 2.45) is 10.4 Å². The van der Waals surface area contributed by atoms with Crippen LogP contribution >= 0.6 is 0 Å². The third-order valence-electron chi connectivity index (χ3n) is 3.32. The summed E-state index contributed by atoms with van der Waals surface area (Å²) in [5, 5.41) is 0. The molecule has 0 amide bonds. The van der Waals surface area contributed by atoms with E-state index in [1.807, 2.05) is 12.1 Å². The summed E-state index contributed by atoms with van der Waals surface area (Å²) in [5.41, 5.74) is 3.77. The molecule has 3 rings (SSSR count). The van der Waals surface area contributed by atoms with Gasteiger partial charge in [0.1, 0.15) is 18.4 Å². The molecule has 17 heavy (non-hydrogen) atoms. The number of rotatable bonds is 0. The molecule has 0 aliphatic carbocycles. The van der Waals surface area contributed by atoms with Crippen LogP contribution in [0.3, 0.4) is 0 Å². The van der Waals surface area contributed by atoms with E-state index >= 15 is 0 Å². The molecule has 0 saturated carbocycles. The minimum Gasteiger partial charge on any atom is -0.489 e. The van der Waals surface area contributed by atoms with E-state index < -0.39 is 0 Å². The highest BCUT2D eigenvalue weighted by molar-refractivity contribution is 6.02. The van der Waals surface area contributed by atoms with Gasteiger partial charge in [0.2, 0.25) is 0 Å². The molecular formula is C15H17NO. The molecule has 0 aromatic heterocycles. The first-order chi connectivity index (χ1) is 8.05. The second-order valence-corrected chi connectivity index (χ2v) is 5.71. The van der Waals surface area contributed by atoms with Crippen LogP contribution in [0, 0.1) is 5.41 Å². The van der Waals surface area contributed by atoms with Crippen molar-refractivity contribution in [3.05, 3.63) is 41.5 Å². The fourth-order valence-corrected chi connectivity index (χ4v) is 2.31. The summed E-state index contributed by atoms with van der Waals surface area (Å²) in [6.07, 6.45) is 2.21. The number of allylic oxidation sites excluding steroid dienone is 1. The van der Waals surface area contributed by atoms with Gasteiger partial charge in [0.15, 0.2) is 0 Å². The summed E-state index contributed by atoms with van der Waals surface area (Å²) in [7, 11) is 0. The average molecular weight is 227 g/mol. The van der Waals surface area contributed by atoms with Gasteiger partial charge in [-0.15, -0.1) is 0 Å². The molecule has 1 aromatic rings. The second-order valence-electron chi connectivity index (χ2n) is 5.71. The Balaban J connectivity index is 2.06. The quantitative estimate of drug-likeness (QED) is 0.664. The molecular weight excluding hydrogens is 210 g/mol. The number of hydrogen-bond acceptors (Lipinski definition) is 2. The zero-order valence-corrected chi connectivity index (χ0v) is 10.5. The molecule has 88 valence electrons. The highest BCUT2D eigenvalue weighted by Crippen LogP contribution is 2.42. The van der Waals surface area contributed by atoms with Crippen molar-refractivity contribution in [1.29, 1.82) is 0 Å². The van der Waals surface area contributed by atoms with Gasteiger partial charge in [0, 0.05) is 16.7 Å². The topological polar surface area (TPSA) is 21.6 Å². The van der Waals surface area contributed by atoms with E-state index in [4.69, 9.17) is 9.73 Å². The van der Waals surface area contributed by atoms with Gasteiger partial charge in [0.25, 0.3) is 0 Å². The van der Waals surface area contributed by atoms with E-state index in [1.54, 1.807) is 0 Å². The summed E-state index contributed by atoms with van der Waals surface area (Å²) in [6, 6.07) is 8.39. The van der Waals surface area contributed by atoms with Crippen LogP contribution in [0.2, 0.25) is 0 Å². The minimum atomic E-state index is 0.110. The second kappa shape index (κ2) is 3.46. The number of benzene rings is 1. The number of hydrogen-bond donors (Lipinski definition) is 0. The van der Waals surface area contributed by atoms with Crippen LogP contribution in [0.25, 0.3) is 0 Å². The molecule has 2 aliphatic heterocycles. The molecule has 0 fully saturated rings. The molecule has 2 heteroatoms. The first-order valence-corrected chi connectivity index (χ1v) is 6.06. The van der Waals surface area contributed by atoms with Crippen molar-refractivity contribution in [1.82, 2.24) is 0 Å². The Morgan fingerprint density at radius 3 is 2.76 bits per heavy atom. The molecule has 0 bridgehead atoms. The lowest BCUT2D eigenvalue weighted by molar-refractivity contribution is 0.322. The van der Waals surface area contributed by atoms with E-state index in [0.29, 0.717) is 6.61 Å². The first-order valence-electron chi connectivity index (χ1n) is 6.06. The van der Waals surface area contributed by atoms with Crippen molar-refractivity contribution < 1.29 is 4.74 Å². The lowest BCUT2D eigenvalue weighted by Crippen LogP contribution is -2.16. The summed E-state index contributed by atoms with van der Waals surface area (Å²) in [5.74, 6) is 0.980. The van der Waals surface area contributed by atoms with Crippen LogP contribution in [0.1, 0.15) is 32.4 Å². The van der Waals surface area contributed by atoms with Crippen molar-refractivity contribution in [2.45, 2.75) is 26.8 Å². The van der Waals surface area contributed by atoms with Gasteiger partial charge < -0.3 is 4.74 Å². The van der Waals surface area contributed by atoms with Crippen LogP contribution in [-0.2, 0) is 0 Å². The van der Waals surface area contributed by atoms with E-state index in [2.05, 4.69) is 39.0 Å². The fourth-order valence-electron chi connectivity index (χ4n) is 2.31. The molecule has 0 radical (unpaired) electrons. The van der Waals surface area contributed by atoms with Gasteiger partial charge in [-0.1, -0.05) is 39.0 Å². The Labute approximate surface area is 102 Å². The zero-order valence-electron chi connectivity index (χ0n) is 10.5. The van der Waals surface area contributed by atoms with E-state index in [-0.39, 0.29) is 11.5 Å². The normalized spacial score (nSPS) is 22.2. The standard InChI is InChI=1S/C15H17NO/c1-15(2,3)13-8-10-9-17-12-7-5-4-6-11(12)14(10)16-13/h4-8,14H,9H2,1-3H3. The number of ether oxygens (including phenoxy) is 1. The Bertz CT molecular complexity index is 520. The van der Waals surface area contributed by atoms with E-state index in [0.717, 1.165) is 5.75 Å². The highest BCUT2D eigenvalue weighted by atomic mass is 16.5. The SMILES string of the molecule is CC(C)(C)C1=NC2C(=C1)COc1ccccc12. The molecule has 0 spiro atoms. The van der Waals surface area contributed by atoms with Crippen molar-refractivity contribution in [3.63, 3.8) is 0 Å². The molecule has 2 heterocycles. The minimum absolute atomic E-state index is 0.110. The molecule has 0 saturated heterocycles. The molecule has 1 aromatic carbocycles. The lowest BCUT2D eigenvalue weighted by atomic mass is 9.89. The van der Waals surface area contributed by atoms with Crippen LogP contribution in [0.5, 0.6) is 5.75 Å². The fraction of sp³-hybridized carbons (Fsp3) is 0.400. The average Bonchev–Trinajstić information content (AvgIpc) is 2.72. The summed E-state index contributed by atoms with van der Waals surface area (Å²) >= 11 is 0. The number of fused-ring (bicyclic) bond motifs is 3. The van der Waals surface area contributed by atoms with Gasteiger partial charge in [-0.05, 0) is 17.7 Å². The van der Waals surface area contributed by atoms with Crippen molar-refractivity contribution in [2.75, 3.05) is 6.61 Å².